The van der Waals surface area contributed by atoms with Gasteiger partial charge in [-0.1, -0.05) is 24.3 Å². The number of thioether (sulfide) groups is 1. The van der Waals surface area contributed by atoms with Gasteiger partial charge in [-0.15, -0.1) is 0 Å². The van der Waals surface area contributed by atoms with E-state index < -0.39 is 0 Å². The normalized spacial score (nSPS) is 16.1. The molecular formula is C12H15NOS. The van der Waals surface area contributed by atoms with Gasteiger partial charge in [0.1, 0.15) is 0 Å². The molecule has 3 heteroatoms. The summed E-state index contributed by atoms with van der Waals surface area (Å²) in [6.07, 6.45) is 0.455. The third-order valence-electron chi connectivity index (χ3n) is 2.71. The molecule has 1 saturated heterocycles. The molecule has 0 saturated carbocycles. The zero-order valence-corrected chi connectivity index (χ0v) is 9.43. The van der Waals surface area contributed by atoms with Crippen LogP contribution in [0.5, 0.6) is 0 Å². The van der Waals surface area contributed by atoms with Gasteiger partial charge in [-0.2, -0.15) is 11.8 Å². The van der Waals surface area contributed by atoms with Crippen molar-refractivity contribution in [3.05, 3.63) is 35.4 Å². The van der Waals surface area contributed by atoms with Crippen LogP contribution in [-0.4, -0.2) is 23.8 Å². The maximum Gasteiger partial charge on any atom is 0.164 e. The molecule has 1 fully saturated rings. The first-order valence-corrected chi connectivity index (χ1v) is 6.38. The van der Waals surface area contributed by atoms with E-state index in [2.05, 4.69) is 6.07 Å². The quantitative estimate of drug-likeness (QED) is 0.791. The Morgan fingerprint density at radius 1 is 1.40 bits per heavy atom. The molecule has 0 amide bonds. The third kappa shape index (κ3) is 2.24. The molecule has 1 heterocycles. The zero-order chi connectivity index (χ0) is 10.7. The Balaban J connectivity index is 2.24. The van der Waals surface area contributed by atoms with Crippen molar-refractivity contribution in [3.63, 3.8) is 0 Å². The summed E-state index contributed by atoms with van der Waals surface area (Å²) in [5.74, 6) is 3.05. The first-order valence-electron chi connectivity index (χ1n) is 5.23. The lowest BCUT2D eigenvalue weighted by atomic mass is 9.93. The lowest BCUT2D eigenvalue weighted by molar-refractivity contribution is 0.0984. The summed E-state index contributed by atoms with van der Waals surface area (Å²) in [6.45, 7) is 0.437. The first kappa shape index (κ1) is 10.7. The van der Waals surface area contributed by atoms with Gasteiger partial charge in [0.05, 0.1) is 0 Å². The molecule has 15 heavy (non-hydrogen) atoms. The van der Waals surface area contributed by atoms with Crippen molar-refractivity contribution in [2.24, 2.45) is 5.73 Å². The molecule has 0 aliphatic carbocycles. The fraction of sp³-hybridized carbons (Fsp3) is 0.417. The number of rotatable bonds is 4. The number of carbonyl (C=O) groups excluding carboxylic acids is 1. The fourth-order valence-electron chi connectivity index (χ4n) is 1.79. The molecule has 2 N–H and O–H groups in total. The largest absolute Gasteiger partial charge is 0.330 e. The average Bonchev–Trinajstić information content (AvgIpc) is 2.16. The van der Waals surface area contributed by atoms with Gasteiger partial charge >= 0.3 is 0 Å². The predicted octanol–water partition coefficient (Wildman–Crippen LogP) is 2.05. The van der Waals surface area contributed by atoms with E-state index in [1.54, 1.807) is 0 Å². The number of Topliss-reactive ketones (excluding diaryl/α,β-unsaturated/α-hetero) is 1. The zero-order valence-electron chi connectivity index (χ0n) is 8.61. The number of nitrogens with two attached hydrogens (primary N) is 1. The van der Waals surface area contributed by atoms with Crippen LogP contribution >= 0.6 is 11.8 Å². The van der Waals surface area contributed by atoms with Crippen LogP contribution in [0, 0.1) is 0 Å². The van der Waals surface area contributed by atoms with Crippen LogP contribution in [-0.2, 0) is 0 Å². The second-order valence-corrected chi connectivity index (χ2v) is 4.86. The highest BCUT2D eigenvalue weighted by Crippen LogP contribution is 2.35. The minimum Gasteiger partial charge on any atom is -0.330 e. The van der Waals surface area contributed by atoms with Crippen molar-refractivity contribution >= 4 is 17.5 Å². The number of benzene rings is 1. The molecule has 0 bridgehead atoms. The molecule has 1 aromatic rings. The van der Waals surface area contributed by atoms with Gasteiger partial charge in [0.15, 0.2) is 5.78 Å². The summed E-state index contributed by atoms with van der Waals surface area (Å²) < 4.78 is 0. The molecule has 0 aromatic heterocycles. The van der Waals surface area contributed by atoms with Crippen molar-refractivity contribution in [1.29, 1.82) is 0 Å². The van der Waals surface area contributed by atoms with E-state index in [9.17, 15) is 4.79 Å². The Kier molecular flexibility index (Phi) is 3.44. The standard InChI is InChI=1S/C12H15NOS/c13-6-5-12(14)11-4-2-1-3-10(11)9-7-15-8-9/h1-4,9H,5-8,13H2. The minimum absolute atomic E-state index is 0.185. The topological polar surface area (TPSA) is 43.1 Å². The van der Waals surface area contributed by atoms with Gasteiger partial charge in [0, 0.05) is 29.4 Å². The SMILES string of the molecule is NCCC(=O)c1ccccc1C1CSC1. The van der Waals surface area contributed by atoms with Gasteiger partial charge in [0.25, 0.3) is 0 Å². The van der Waals surface area contributed by atoms with Crippen molar-refractivity contribution in [2.75, 3.05) is 18.1 Å². The molecule has 0 atom stereocenters. The Morgan fingerprint density at radius 2 is 2.13 bits per heavy atom. The monoisotopic (exact) mass is 221 g/mol. The second kappa shape index (κ2) is 4.81. The summed E-state index contributed by atoms with van der Waals surface area (Å²) >= 11 is 1.94. The van der Waals surface area contributed by atoms with E-state index in [-0.39, 0.29) is 5.78 Å². The summed E-state index contributed by atoms with van der Waals surface area (Å²) in [5.41, 5.74) is 7.51. The average molecular weight is 221 g/mol. The van der Waals surface area contributed by atoms with Crippen LogP contribution in [0.25, 0.3) is 0 Å². The number of ketones is 1. The first-order chi connectivity index (χ1) is 7.33. The lowest BCUT2D eigenvalue weighted by Gasteiger charge is -2.27. The van der Waals surface area contributed by atoms with Gasteiger partial charge in [0.2, 0.25) is 0 Å². The Hall–Kier alpha value is -0.800. The molecule has 2 nitrogen and oxygen atoms in total. The van der Waals surface area contributed by atoms with Crippen molar-refractivity contribution in [3.8, 4) is 0 Å². The Bertz CT molecular complexity index is 360. The number of carbonyl (C=O) groups is 1. The summed E-state index contributed by atoms with van der Waals surface area (Å²) in [7, 11) is 0. The molecule has 1 aliphatic rings. The van der Waals surface area contributed by atoms with E-state index in [4.69, 9.17) is 5.73 Å². The Labute approximate surface area is 94.2 Å². The van der Waals surface area contributed by atoms with Crippen LogP contribution in [0.3, 0.4) is 0 Å². The van der Waals surface area contributed by atoms with Gasteiger partial charge < -0.3 is 5.73 Å². The Morgan fingerprint density at radius 3 is 2.73 bits per heavy atom. The van der Waals surface area contributed by atoms with E-state index in [0.717, 1.165) is 17.1 Å². The van der Waals surface area contributed by atoms with Gasteiger partial charge in [-0.05, 0) is 12.1 Å². The van der Waals surface area contributed by atoms with Crippen LogP contribution in [0.15, 0.2) is 24.3 Å². The molecule has 0 radical (unpaired) electrons. The van der Waals surface area contributed by atoms with Crippen LogP contribution in [0.4, 0.5) is 0 Å². The van der Waals surface area contributed by atoms with Gasteiger partial charge in [-0.3, -0.25) is 4.79 Å². The van der Waals surface area contributed by atoms with E-state index in [1.807, 2.05) is 30.0 Å². The predicted molar refractivity (Wildman–Crippen MR) is 64.5 cm³/mol. The second-order valence-electron chi connectivity index (χ2n) is 3.78. The maximum absolute atomic E-state index is 11.8. The highest BCUT2D eigenvalue weighted by Gasteiger charge is 2.24. The van der Waals surface area contributed by atoms with Crippen molar-refractivity contribution in [2.45, 2.75) is 12.3 Å². The number of hydrogen-bond donors (Lipinski definition) is 1. The molecule has 80 valence electrons. The van der Waals surface area contributed by atoms with E-state index >= 15 is 0 Å². The maximum atomic E-state index is 11.8. The van der Waals surface area contributed by atoms with E-state index in [1.165, 1.54) is 5.56 Å². The summed E-state index contributed by atoms with van der Waals surface area (Å²) in [4.78, 5) is 11.8. The van der Waals surface area contributed by atoms with Crippen molar-refractivity contribution in [1.82, 2.24) is 0 Å². The minimum atomic E-state index is 0.185. The third-order valence-corrected chi connectivity index (χ3v) is 3.99. The molecule has 0 unspecified atom stereocenters. The molecule has 0 spiro atoms. The van der Waals surface area contributed by atoms with Gasteiger partial charge in [-0.25, -0.2) is 0 Å². The molecular weight excluding hydrogens is 206 g/mol. The fourth-order valence-corrected chi connectivity index (χ4v) is 2.62. The molecule has 2 rings (SSSR count). The van der Waals surface area contributed by atoms with Crippen LogP contribution in [0.2, 0.25) is 0 Å². The van der Waals surface area contributed by atoms with Crippen LogP contribution in [0.1, 0.15) is 28.3 Å². The summed E-state index contributed by atoms with van der Waals surface area (Å²) in [5, 5.41) is 0. The lowest BCUT2D eigenvalue weighted by Crippen LogP contribution is -2.19. The summed E-state index contributed by atoms with van der Waals surface area (Å²) in [6, 6.07) is 7.95. The van der Waals surface area contributed by atoms with Crippen LogP contribution < -0.4 is 5.73 Å². The highest BCUT2D eigenvalue weighted by atomic mass is 32.2. The van der Waals surface area contributed by atoms with Crippen molar-refractivity contribution < 1.29 is 4.79 Å². The smallest absolute Gasteiger partial charge is 0.164 e. The highest BCUT2D eigenvalue weighted by molar-refractivity contribution is 8.00. The van der Waals surface area contributed by atoms with E-state index in [0.29, 0.717) is 18.9 Å². The number of hydrogen-bond acceptors (Lipinski definition) is 3. The molecule has 1 aliphatic heterocycles. The molecule has 1 aromatic carbocycles.